The zero-order valence-corrected chi connectivity index (χ0v) is 11.5. The number of hydrogen-bond acceptors (Lipinski definition) is 3. The Bertz CT molecular complexity index is 596. The van der Waals surface area contributed by atoms with Gasteiger partial charge in [0.1, 0.15) is 11.5 Å². The van der Waals surface area contributed by atoms with Crippen LogP contribution in [0.1, 0.15) is 10.5 Å². The molecule has 2 rings (SSSR count). The molecule has 0 fully saturated rings. The molecule has 0 saturated carbocycles. The zero-order chi connectivity index (χ0) is 14.5. The molecule has 0 spiro atoms. The summed E-state index contributed by atoms with van der Waals surface area (Å²) in [5, 5.41) is 7.11. The molecule has 1 aromatic heterocycles. The van der Waals surface area contributed by atoms with Crippen molar-refractivity contribution in [1.82, 2.24) is 20.0 Å². The van der Waals surface area contributed by atoms with Gasteiger partial charge in [0.25, 0.3) is 5.91 Å². The Labute approximate surface area is 117 Å². The second-order valence-corrected chi connectivity index (χ2v) is 4.43. The molecule has 1 heterocycles. The first-order chi connectivity index (χ1) is 9.63. The highest BCUT2D eigenvalue weighted by Crippen LogP contribution is 2.12. The number of hydrogen-bond donors (Lipinski definition) is 1. The molecule has 1 N–H and O–H groups in total. The average molecular weight is 276 g/mol. The number of aromatic nitrogens is 2. The number of benzene rings is 1. The summed E-state index contributed by atoms with van der Waals surface area (Å²) in [6, 6.07) is 7.89. The van der Waals surface area contributed by atoms with Crippen molar-refractivity contribution in [3.63, 3.8) is 0 Å². The number of carbonyl (C=O) groups is 1. The van der Waals surface area contributed by atoms with Gasteiger partial charge in [0, 0.05) is 26.3 Å². The van der Waals surface area contributed by atoms with Crippen LogP contribution in [0, 0.1) is 5.82 Å². The van der Waals surface area contributed by atoms with Crippen LogP contribution in [0.15, 0.2) is 36.5 Å². The fourth-order valence-corrected chi connectivity index (χ4v) is 1.79. The van der Waals surface area contributed by atoms with Crippen molar-refractivity contribution in [3.05, 3.63) is 48.0 Å². The van der Waals surface area contributed by atoms with E-state index in [9.17, 15) is 9.18 Å². The van der Waals surface area contributed by atoms with Crippen LogP contribution < -0.4 is 5.32 Å². The fraction of sp³-hybridized carbons (Fsp3) is 0.286. The van der Waals surface area contributed by atoms with E-state index in [1.54, 1.807) is 42.4 Å². The molecule has 0 aliphatic rings. The van der Waals surface area contributed by atoms with Crippen LogP contribution in [-0.4, -0.2) is 47.8 Å². The first-order valence-corrected chi connectivity index (χ1v) is 6.34. The van der Waals surface area contributed by atoms with E-state index in [1.165, 1.54) is 10.7 Å². The largest absolute Gasteiger partial charge is 0.339 e. The highest BCUT2D eigenvalue weighted by molar-refractivity contribution is 5.92. The Kier molecular flexibility index (Phi) is 4.47. The number of halogens is 1. The summed E-state index contributed by atoms with van der Waals surface area (Å²) in [5.41, 5.74) is 0.622. The third-order valence-electron chi connectivity index (χ3n) is 2.95. The topological polar surface area (TPSA) is 50.2 Å². The Balaban J connectivity index is 2.17. The second kappa shape index (κ2) is 6.29. The standard InChI is InChI=1S/C14H17FN4O/c1-16-8-10-18(2)14(20)12-7-9-19(17-12)13-6-4-3-5-11(13)15/h3-7,9,16H,8,10H2,1-2H3. The molecule has 20 heavy (non-hydrogen) atoms. The van der Waals surface area contributed by atoms with E-state index in [2.05, 4.69) is 10.4 Å². The Morgan fingerprint density at radius 1 is 1.40 bits per heavy atom. The Hall–Kier alpha value is -2.21. The molecule has 0 aliphatic carbocycles. The van der Waals surface area contributed by atoms with Gasteiger partial charge in [0.2, 0.25) is 0 Å². The number of amides is 1. The monoisotopic (exact) mass is 276 g/mol. The van der Waals surface area contributed by atoms with Gasteiger partial charge in [0.15, 0.2) is 5.69 Å². The molecule has 0 unspecified atom stereocenters. The van der Waals surface area contributed by atoms with E-state index in [1.807, 2.05) is 7.05 Å². The van der Waals surface area contributed by atoms with Crippen molar-refractivity contribution < 1.29 is 9.18 Å². The molecule has 5 nitrogen and oxygen atoms in total. The highest BCUT2D eigenvalue weighted by Gasteiger charge is 2.15. The van der Waals surface area contributed by atoms with Crippen LogP contribution >= 0.6 is 0 Å². The van der Waals surface area contributed by atoms with Gasteiger partial charge in [-0.25, -0.2) is 9.07 Å². The number of nitrogens with one attached hydrogen (secondary N) is 1. The quantitative estimate of drug-likeness (QED) is 0.895. The molecule has 0 saturated heterocycles. The molecular weight excluding hydrogens is 259 g/mol. The van der Waals surface area contributed by atoms with E-state index in [-0.39, 0.29) is 11.7 Å². The first kappa shape index (κ1) is 14.2. The van der Waals surface area contributed by atoms with Gasteiger partial charge in [-0.3, -0.25) is 4.79 Å². The van der Waals surface area contributed by atoms with Crippen molar-refractivity contribution in [3.8, 4) is 5.69 Å². The molecule has 1 amide bonds. The van der Waals surface area contributed by atoms with Crippen molar-refractivity contribution in [1.29, 1.82) is 0 Å². The number of likely N-dealkylation sites (N-methyl/N-ethyl adjacent to an activating group) is 2. The van der Waals surface area contributed by atoms with Crippen molar-refractivity contribution in [2.75, 3.05) is 27.2 Å². The van der Waals surface area contributed by atoms with Gasteiger partial charge in [0.05, 0.1) is 0 Å². The van der Waals surface area contributed by atoms with Crippen LogP contribution in [0.4, 0.5) is 4.39 Å². The summed E-state index contributed by atoms with van der Waals surface area (Å²) >= 11 is 0. The molecule has 0 aliphatic heterocycles. The lowest BCUT2D eigenvalue weighted by Gasteiger charge is -2.15. The number of carbonyl (C=O) groups excluding carboxylic acids is 1. The molecule has 6 heteroatoms. The molecule has 2 aromatic rings. The van der Waals surface area contributed by atoms with Crippen LogP contribution in [0.25, 0.3) is 5.69 Å². The third kappa shape index (κ3) is 3.03. The Morgan fingerprint density at radius 2 is 2.15 bits per heavy atom. The molecule has 0 atom stereocenters. The predicted molar refractivity (Wildman–Crippen MR) is 74.4 cm³/mol. The van der Waals surface area contributed by atoms with Crippen molar-refractivity contribution >= 4 is 5.91 Å². The summed E-state index contributed by atoms with van der Waals surface area (Å²) in [4.78, 5) is 13.7. The lowest BCUT2D eigenvalue weighted by molar-refractivity contribution is 0.0790. The van der Waals surface area contributed by atoms with Gasteiger partial charge in [-0.05, 0) is 25.2 Å². The molecular formula is C14H17FN4O. The van der Waals surface area contributed by atoms with E-state index >= 15 is 0 Å². The number of para-hydroxylation sites is 1. The smallest absolute Gasteiger partial charge is 0.274 e. The maximum absolute atomic E-state index is 13.6. The summed E-state index contributed by atoms with van der Waals surface area (Å²) in [6.07, 6.45) is 1.58. The minimum atomic E-state index is -0.377. The molecule has 106 valence electrons. The van der Waals surface area contributed by atoms with Gasteiger partial charge in [-0.15, -0.1) is 0 Å². The lowest BCUT2D eigenvalue weighted by Crippen LogP contribution is -2.33. The maximum atomic E-state index is 13.6. The van der Waals surface area contributed by atoms with Gasteiger partial charge < -0.3 is 10.2 Å². The lowest BCUT2D eigenvalue weighted by atomic mass is 10.3. The van der Waals surface area contributed by atoms with Crippen molar-refractivity contribution in [2.45, 2.75) is 0 Å². The SMILES string of the molecule is CNCCN(C)C(=O)c1ccn(-c2ccccc2F)n1. The second-order valence-electron chi connectivity index (χ2n) is 4.43. The first-order valence-electron chi connectivity index (χ1n) is 6.34. The van der Waals surface area contributed by atoms with Crippen LogP contribution in [-0.2, 0) is 0 Å². The van der Waals surface area contributed by atoms with Crippen LogP contribution in [0.2, 0.25) is 0 Å². The minimum absolute atomic E-state index is 0.185. The molecule has 0 radical (unpaired) electrons. The van der Waals surface area contributed by atoms with Gasteiger partial charge in [-0.2, -0.15) is 5.10 Å². The van der Waals surface area contributed by atoms with Crippen molar-refractivity contribution in [2.24, 2.45) is 0 Å². The molecule has 0 bridgehead atoms. The fourth-order valence-electron chi connectivity index (χ4n) is 1.79. The summed E-state index contributed by atoms with van der Waals surface area (Å²) in [6.45, 7) is 1.29. The summed E-state index contributed by atoms with van der Waals surface area (Å²) in [5.74, 6) is -0.562. The predicted octanol–water partition coefficient (Wildman–Crippen LogP) is 1.30. The number of rotatable bonds is 5. The van der Waals surface area contributed by atoms with Gasteiger partial charge >= 0.3 is 0 Å². The minimum Gasteiger partial charge on any atom is -0.339 e. The third-order valence-corrected chi connectivity index (χ3v) is 2.95. The van der Waals surface area contributed by atoms with E-state index < -0.39 is 0 Å². The summed E-state index contributed by atoms with van der Waals surface area (Å²) < 4.78 is 15.0. The molecule has 1 aromatic carbocycles. The maximum Gasteiger partial charge on any atom is 0.274 e. The number of nitrogens with zero attached hydrogens (tertiary/aromatic N) is 3. The highest BCUT2D eigenvalue weighted by atomic mass is 19.1. The Morgan fingerprint density at radius 3 is 2.85 bits per heavy atom. The zero-order valence-electron chi connectivity index (χ0n) is 11.5. The van der Waals surface area contributed by atoms with Crippen LogP contribution in [0.5, 0.6) is 0 Å². The van der Waals surface area contributed by atoms with E-state index in [4.69, 9.17) is 0 Å². The van der Waals surface area contributed by atoms with Gasteiger partial charge in [-0.1, -0.05) is 12.1 Å². The average Bonchev–Trinajstić information content (AvgIpc) is 2.94. The van der Waals surface area contributed by atoms with E-state index in [0.29, 0.717) is 24.5 Å². The normalized spacial score (nSPS) is 10.6. The summed E-state index contributed by atoms with van der Waals surface area (Å²) in [7, 11) is 3.53. The van der Waals surface area contributed by atoms with Crippen LogP contribution in [0.3, 0.4) is 0 Å². The van der Waals surface area contributed by atoms with E-state index in [0.717, 1.165) is 0 Å².